The Labute approximate surface area is 49.1 Å². The Morgan fingerprint density at radius 2 is 1.57 bits per heavy atom. The smallest absolute Gasteiger partial charge is 0.165 e. The number of rotatable bonds is 0. The first kappa shape index (κ1) is 7.23. The fraction of sp³-hybridized carbons (Fsp3) is 0.500. The van der Waals surface area contributed by atoms with E-state index >= 15 is 0 Å². The molecule has 0 radical (unpaired) electrons. The largest absolute Gasteiger partial charge is 0.432 e. The molecule has 0 saturated carbocycles. The Morgan fingerprint density at radius 1 is 1.43 bits per heavy atom. The Morgan fingerprint density at radius 3 is 1.57 bits per heavy atom. The predicted molar refractivity (Wildman–Crippen MR) is 27.6 cm³/mol. The van der Waals surface area contributed by atoms with Gasteiger partial charge in [0, 0.05) is 0 Å². The maximum absolute atomic E-state index is 11.0. The van der Waals surface area contributed by atoms with E-state index in [1.807, 2.05) is 0 Å². The Bertz CT molecular complexity index is 83.4. The quantitative estimate of drug-likeness (QED) is 0.401. The molecule has 0 atom stereocenters. The van der Waals surface area contributed by atoms with Crippen molar-refractivity contribution in [3.05, 3.63) is 0 Å². The molecule has 42 valence electrons. The number of hydrogen-bond acceptors (Lipinski definition) is 1. The second-order valence-corrected chi connectivity index (χ2v) is 1.96. The van der Waals surface area contributed by atoms with Crippen LogP contribution in [-0.4, -0.2) is 10.4 Å². The van der Waals surface area contributed by atoms with Crippen LogP contribution in [0.15, 0.2) is 0 Å². The highest BCUT2D eigenvalue weighted by Gasteiger charge is 2.30. The van der Waals surface area contributed by atoms with Gasteiger partial charge in [-0.05, 0) is 0 Å². The number of halogens is 3. The van der Waals surface area contributed by atoms with Crippen LogP contribution in [0.1, 0.15) is 0 Å². The standard InChI is InChI=1S/C2HF3S2/c3-2(4,5)1(6)7/h(H,6,7). The van der Waals surface area contributed by atoms with Crippen molar-refractivity contribution < 1.29 is 13.2 Å². The molecule has 0 nitrogen and oxygen atoms in total. The highest BCUT2D eigenvalue weighted by molar-refractivity contribution is 8.11. The van der Waals surface area contributed by atoms with Crippen molar-refractivity contribution in [2.45, 2.75) is 6.18 Å². The summed E-state index contributed by atoms with van der Waals surface area (Å²) in [4.78, 5) is 0. The topological polar surface area (TPSA) is 0 Å². The number of thiocarbonyl (C=S) groups is 1. The van der Waals surface area contributed by atoms with E-state index in [0.29, 0.717) is 0 Å². The molecule has 0 unspecified atom stereocenters. The van der Waals surface area contributed by atoms with Crippen molar-refractivity contribution in [1.29, 1.82) is 0 Å². The molecule has 0 aromatic rings. The lowest BCUT2D eigenvalue weighted by Gasteiger charge is -1.98. The van der Waals surface area contributed by atoms with E-state index in [1.54, 1.807) is 0 Å². The first-order valence-electron chi connectivity index (χ1n) is 1.24. The van der Waals surface area contributed by atoms with Crippen LogP contribution in [0.5, 0.6) is 0 Å². The lowest BCUT2D eigenvalue weighted by atomic mass is 10.8. The molecule has 0 aliphatic rings. The highest BCUT2D eigenvalue weighted by atomic mass is 32.1. The zero-order chi connectivity index (χ0) is 6.08. The van der Waals surface area contributed by atoms with Gasteiger partial charge in [-0.25, -0.2) is 0 Å². The van der Waals surface area contributed by atoms with Gasteiger partial charge in [0.25, 0.3) is 0 Å². The van der Waals surface area contributed by atoms with Crippen molar-refractivity contribution >= 4 is 29.0 Å². The molecule has 0 amide bonds. The van der Waals surface area contributed by atoms with E-state index in [4.69, 9.17) is 0 Å². The Balaban J connectivity index is 3.79. The lowest BCUT2D eigenvalue weighted by molar-refractivity contribution is -0.0531. The van der Waals surface area contributed by atoms with E-state index in [0.717, 1.165) is 0 Å². The summed E-state index contributed by atoms with van der Waals surface area (Å²) in [6.45, 7) is 0. The van der Waals surface area contributed by atoms with Gasteiger partial charge in [-0.2, -0.15) is 13.2 Å². The molecule has 0 bridgehead atoms. The summed E-state index contributed by atoms with van der Waals surface area (Å²) < 4.78 is 31.7. The molecule has 5 heteroatoms. The molecule has 0 aliphatic heterocycles. The molecule has 0 heterocycles. The van der Waals surface area contributed by atoms with Crippen molar-refractivity contribution in [2.24, 2.45) is 0 Å². The van der Waals surface area contributed by atoms with Gasteiger partial charge in [-0.1, -0.05) is 12.2 Å². The third-order valence-corrected chi connectivity index (χ3v) is 0.728. The van der Waals surface area contributed by atoms with Crippen molar-refractivity contribution in [1.82, 2.24) is 0 Å². The summed E-state index contributed by atoms with van der Waals surface area (Å²) in [5, 5.41) is 0. The first-order chi connectivity index (χ1) is 2.94. The zero-order valence-electron chi connectivity index (χ0n) is 2.99. The van der Waals surface area contributed by atoms with Gasteiger partial charge in [-0.15, -0.1) is 12.6 Å². The minimum Gasteiger partial charge on any atom is -0.165 e. The molecule has 0 aromatic carbocycles. The van der Waals surface area contributed by atoms with Crippen molar-refractivity contribution in [3.63, 3.8) is 0 Å². The molecule has 0 spiro atoms. The minimum atomic E-state index is -4.40. The van der Waals surface area contributed by atoms with Gasteiger partial charge >= 0.3 is 6.18 Å². The summed E-state index contributed by atoms with van der Waals surface area (Å²) >= 11 is 6.56. The van der Waals surface area contributed by atoms with Gasteiger partial charge in [0.1, 0.15) is 4.20 Å². The molecule has 0 fully saturated rings. The summed E-state index contributed by atoms with van der Waals surface area (Å²) in [6.07, 6.45) is -4.40. The van der Waals surface area contributed by atoms with Crippen LogP contribution in [0.3, 0.4) is 0 Å². The van der Waals surface area contributed by atoms with Gasteiger partial charge in [0.15, 0.2) is 0 Å². The van der Waals surface area contributed by atoms with Crippen LogP contribution < -0.4 is 0 Å². The highest BCUT2D eigenvalue weighted by Crippen LogP contribution is 2.18. The predicted octanol–water partition coefficient (Wildman–Crippen LogP) is 1.81. The summed E-state index contributed by atoms with van der Waals surface area (Å²) in [5.41, 5.74) is 0. The van der Waals surface area contributed by atoms with Crippen LogP contribution in [0.4, 0.5) is 13.2 Å². The van der Waals surface area contributed by atoms with Crippen molar-refractivity contribution in [3.8, 4) is 0 Å². The number of hydrogen-bond donors (Lipinski definition) is 1. The molecule has 0 N–H and O–H groups in total. The first-order valence-corrected chi connectivity index (χ1v) is 2.10. The van der Waals surface area contributed by atoms with E-state index in [9.17, 15) is 13.2 Å². The monoisotopic (exact) mass is 146 g/mol. The third kappa shape index (κ3) is 2.87. The Kier molecular flexibility index (Phi) is 2.07. The van der Waals surface area contributed by atoms with E-state index in [2.05, 4.69) is 24.8 Å². The molecular formula is C2HF3S2. The lowest BCUT2D eigenvalue weighted by Crippen LogP contribution is -2.14. The molecule has 0 aromatic heterocycles. The average Bonchev–Trinajstić information content (AvgIpc) is 1.31. The van der Waals surface area contributed by atoms with Crippen LogP contribution in [-0.2, 0) is 0 Å². The average molecular weight is 146 g/mol. The normalized spacial score (nSPS) is 11.4. The number of alkyl halides is 3. The summed E-state index contributed by atoms with van der Waals surface area (Å²) in [5.74, 6) is 0. The van der Waals surface area contributed by atoms with Gasteiger partial charge in [0.05, 0.1) is 0 Å². The molecular weight excluding hydrogens is 145 g/mol. The second-order valence-electron chi connectivity index (χ2n) is 0.803. The van der Waals surface area contributed by atoms with Crippen LogP contribution in [0.2, 0.25) is 0 Å². The van der Waals surface area contributed by atoms with E-state index in [1.165, 1.54) is 0 Å². The van der Waals surface area contributed by atoms with Crippen molar-refractivity contribution in [2.75, 3.05) is 0 Å². The third-order valence-electron chi connectivity index (χ3n) is 0.243. The fourth-order valence-corrected chi connectivity index (χ4v) is 0. The van der Waals surface area contributed by atoms with Crippen LogP contribution in [0.25, 0.3) is 0 Å². The SMILES string of the molecule is FC(F)(F)C(=S)S. The second kappa shape index (κ2) is 2.00. The summed E-state index contributed by atoms with van der Waals surface area (Å²) in [7, 11) is 0. The summed E-state index contributed by atoms with van der Waals surface area (Å²) in [6, 6.07) is 0. The molecule has 7 heavy (non-hydrogen) atoms. The molecule has 0 aliphatic carbocycles. The van der Waals surface area contributed by atoms with Crippen LogP contribution >= 0.6 is 24.8 Å². The van der Waals surface area contributed by atoms with Gasteiger partial charge < -0.3 is 0 Å². The maximum Gasteiger partial charge on any atom is 0.432 e. The Hall–Kier alpha value is 0.230. The maximum atomic E-state index is 11.0. The van der Waals surface area contributed by atoms with Gasteiger partial charge in [0.2, 0.25) is 0 Å². The van der Waals surface area contributed by atoms with Crippen LogP contribution in [0, 0.1) is 0 Å². The van der Waals surface area contributed by atoms with E-state index in [-0.39, 0.29) is 0 Å². The van der Waals surface area contributed by atoms with Gasteiger partial charge in [-0.3, -0.25) is 0 Å². The molecule has 0 saturated heterocycles. The number of thiol groups is 1. The molecule has 0 rings (SSSR count). The minimum absolute atomic E-state index is 1.23. The fourth-order valence-electron chi connectivity index (χ4n) is 0. The van der Waals surface area contributed by atoms with E-state index < -0.39 is 10.4 Å². The zero-order valence-corrected chi connectivity index (χ0v) is 4.70.